The highest BCUT2D eigenvalue weighted by Crippen LogP contribution is 2.38. The zero-order valence-electron chi connectivity index (χ0n) is 30.7. The van der Waals surface area contributed by atoms with E-state index < -0.39 is 26.6 Å². The van der Waals surface area contributed by atoms with Gasteiger partial charge < -0.3 is 28.8 Å². The van der Waals surface area contributed by atoms with Gasteiger partial charge in [-0.25, -0.2) is 0 Å². The fourth-order valence-corrected chi connectivity index (χ4v) is 5.45. The lowest BCUT2D eigenvalue weighted by atomic mass is 10.1. The van der Waals surface area contributed by atoms with Crippen LogP contribution in [0.5, 0.6) is 0 Å². The van der Waals surface area contributed by atoms with E-state index in [0.29, 0.717) is 17.4 Å². The molecule has 0 saturated heterocycles. The van der Waals surface area contributed by atoms with E-state index in [4.69, 9.17) is 9.05 Å². The summed E-state index contributed by atoms with van der Waals surface area (Å²) in [5.41, 5.74) is 0. The average Bonchev–Trinajstić information content (AvgIpc) is 3.01. The third kappa shape index (κ3) is 32.8. The van der Waals surface area contributed by atoms with Gasteiger partial charge in [-0.3, -0.25) is 9.36 Å². The molecule has 0 saturated carbocycles. The number of carbonyl (C=O) groups excluding carboxylic acids is 1. The first-order valence-electron chi connectivity index (χ1n) is 18.5. The Bertz CT molecular complexity index is 912. The maximum absolute atomic E-state index is 12.7. The summed E-state index contributed by atoms with van der Waals surface area (Å²) in [6.45, 7) is 4.51. The number of amides is 1. The molecule has 8 nitrogen and oxygen atoms in total. The second-order valence-electron chi connectivity index (χ2n) is 13.6. The summed E-state index contributed by atoms with van der Waals surface area (Å²) in [4.78, 5) is 25.1. The molecule has 1 amide bonds. The van der Waals surface area contributed by atoms with Gasteiger partial charge >= 0.3 is 0 Å². The Kier molecular flexibility index (Phi) is 29.5. The molecule has 0 aromatic carbocycles. The van der Waals surface area contributed by atoms with Gasteiger partial charge in [0.25, 0.3) is 7.82 Å². The van der Waals surface area contributed by atoms with Crippen LogP contribution >= 0.6 is 7.82 Å². The summed E-state index contributed by atoms with van der Waals surface area (Å²) in [6.07, 6.45) is 35.8. The number of likely N-dealkylation sites (N-methyl/N-ethyl adjacent to an activating group) is 1. The zero-order chi connectivity index (χ0) is 35.1. The number of aliphatic hydroxyl groups is 1. The van der Waals surface area contributed by atoms with E-state index in [1.807, 2.05) is 27.2 Å². The van der Waals surface area contributed by atoms with Crippen LogP contribution in [-0.4, -0.2) is 68.5 Å². The molecule has 0 radical (unpaired) electrons. The monoisotopic (exact) mass is 683 g/mol. The van der Waals surface area contributed by atoms with Gasteiger partial charge in [0, 0.05) is 6.42 Å². The smallest absolute Gasteiger partial charge is 0.268 e. The minimum Gasteiger partial charge on any atom is -0.756 e. The average molecular weight is 683 g/mol. The van der Waals surface area contributed by atoms with Crippen LogP contribution in [0, 0.1) is 0 Å². The van der Waals surface area contributed by atoms with Crippen molar-refractivity contribution in [1.82, 2.24) is 5.32 Å². The number of allylic oxidation sites excluding steroid dienone is 7. The number of nitrogens with zero attached hydrogens (tertiary/aromatic N) is 1. The summed E-state index contributed by atoms with van der Waals surface area (Å²) >= 11 is 0. The van der Waals surface area contributed by atoms with Crippen molar-refractivity contribution < 1.29 is 32.9 Å². The molecular formula is C38H71N2O6P. The van der Waals surface area contributed by atoms with E-state index in [2.05, 4.69) is 55.6 Å². The van der Waals surface area contributed by atoms with Crippen LogP contribution in [0.3, 0.4) is 0 Å². The van der Waals surface area contributed by atoms with E-state index in [9.17, 15) is 19.4 Å². The second kappa shape index (κ2) is 30.5. The maximum Gasteiger partial charge on any atom is 0.268 e. The van der Waals surface area contributed by atoms with Crippen molar-refractivity contribution in [2.24, 2.45) is 0 Å². The summed E-state index contributed by atoms with van der Waals surface area (Å²) in [6, 6.07) is -0.907. The highest BCUT2D eigenvalue weighted by Gasteiger charge is 2.23. The molecule has 0 rings (SSSR count). The van der Waals surface area contributed by atoms with Crippen molar-refractivity contribution in [3.63, 3.8) is 0 Å². The fourth-order valence-electron chi connectivity index (χ4n) is 4.72. The van der Waals surface area contributed by atoms with Crippen LogP contribution in [0.1, 0.15) is 136 Å². The minimum atomic E-state index is -4.59. The normalized spacial score (nSPS) is 15.3. The third-order valence-electron chi connectivity index (χ3n) is 7.76. The number of hydrogen-bond acceptors (Lipinski definition) is 6. The van der Waals surface area contributed by atoms with Crippen LogP contribution in [0.2, 0.25) is 0 Å². The summed E-state index contributed by atoms with van der Waals surface area (Å²) in [5.74, 6) is -0.227. The van der Waals surface area contributed by atoms with Crippen molar-refractivity contribution in [2.75, 3.05) is 40.9 Å². The second-order valence-corrected chi connectivity index (χ2v) is 15.0. The topological polar surface area (TPSA) is 108 Å². The lowest BCUT2D eigenvalue weighted by molar-refractivity contribution is -0.870. The molecule has 9 heteroatoms. The maximum atomic E-state index is 12.7. The Morgan fingerprint density at radius 2 is 1.26 bits per heavy atom. The number of phosphoric ester groups is 1. The van der Waals surface area contributed by atoms with E-state index >= 15 is 0 Å². The first-order chi connectivity index (χ1) is 22.5. The molecule has 3 atom stereocenters. The van der Waals surface area contributed by atoms with E-state index in [-0.39, 0.29) is 12.5 Å². The van der Waals surface area contributed by atoms with Gasteiger partial charge in [0.05, 0.1) is 39.9 Å². The van der Waals surface area contributed by atoms with Gasteiger partial charge in [0.15, 0.2) is 0 Å². The molecule has 0 aliphatic rings. The molecule has 0 fully saturated rings. The zero-order valence-corrected chi connectivity index (χ0v) is 31.6. The van der Waals surface area contributed by atoms with Crippen molar-refractivity contribution in [3.8, 4) is 0 Å². The Labute approximate surface area is 289 Å². The van der Waals surface area contributed by atoms with Crippen LogP contribution in [0.4, 0.5) is 0 Å². The van der Waals surface area contributed by atoms with Gasteiger partial charge in [-0.05, 0) is 64.2 Å². The predicted octanol–water partition coefficient (Wildman–Crippen LogP) is 8.72. The summed E-state index contributed by atoms with van der Waals surface area (Å²) in [5, 5.41) is 13.6. The van der Waals surface area contributed by atoms with Gasteiger partial charge in [0.2, 0.25) is 5.91 Å². The van der Waals surface area contributed by atoms with Crippen molar-refractivity contribution in [1.29, 1.82) is 0 Å². The predicted molar refractivity (Wildman–Crippen MR) is 196 cm³/mol. The Morgan fingerprint density at radius 1 is 0.745 bits per heavy atom. The van der Waals surface area contributed by atoms with Crippen molar-refractivity contribution in [2.45, 2.75) is 148 Å². The first-order valence-corrected chi connectivity index (χ1v) is 20.0. The van der Waals surface area contributed by atoms with Crippen molar-refractivity contribution in [3.05, 3.63) is 48.6 Å². The Hall–Kier alpha value is -1.54. The number of aliphatic hydroxyl groups excluding tert-OH is 1. The molecule has 47 heavy (non-hydrogen) atoms. The van der Waals surface area contributed by atoms with Gasteiger partial charge in [-0.15, -0.1) is 0 Å². The molecule has 3 unspecified atom stereocenters. The van der Waals surface area contributed by atoms with Crippen LogP contribution in [-0.2, 0) is 18.4 Å². The number of carbonyl (C=O) groups is 1. The standard InChI is InChI=1S/C38H71N2O6P/c1-6-8-10-12-14-16-18-19-20-21-22-24-26-28-30-32-38(42)39-36(35-46-47(43,44)45-34-33-40(3,4)5)37(41)31-29-27-25-23-17-15-13-11-9-7-2/h14,16-17,19-20,23,29,31,36-37,41H,6-13,15,18,21-22,24-28,30,32-35H2,1-5H3,(H-,39,42,43,44)/b16-14-,20-19-,23-17+,31-29+. The van der Waals surface area contributed by atoms with Gasteiger partial charge in [0.1, 0.15) is 13.2 Å². The number of unbranched alkanes of at least 4 members (excludes halogenated alkanes) is 13. The van der Waals surface area contributed by atoms with E-state index in [0.717, 1.165) is 64.2 Å². The van der Waals surface area contributed by atoms with Gasteiger partial charge in [-0.1, -0.05) is 114 Å². The Balaban J connectivity index is 4.60. The van der Waals surface area contributed by atoms with Gasteiger partial charge in [-0.2, -0.15) is 0 Å². The Morgan fingerprint density at radius 3 is 1.89 bits per heavy atom. The third-order valence-corrected chi connectivity index (χ3v) is 8.73. The molecular weight excluding hydrogens is 611 g/mol. The van der Waals surface area contributed by atoms with Crippen molar-refractivity contribution >= 4 is 13.7 Å². The van der Waals surface area contributed by atoms with E-state index in [1.54, 1.807) is 6.08 Å². The minimum absolute atomic E-state index is 0.0112. The molecule has 0 aromatic rings. The highest BCUT2D eigenvalue weighted by atomic mass is 31.2. The molecule has 0 aliphatic carbocycles. The number of rotatable bonds is 32. The number of nitrogens with one attached hydrogen (secondary N) is 1. The molecule has 0 bridgehead atoms. The molecule has 0 aliphatic heterocycles. The molecule has 274 valence electrons. The summed E-state index contributed by atoms with van der Waals surface area (Å²) < 4.78 is 23.0. The summed E-state index contributed by atoms with van der Waals surface area (Å²) in [7, 11) is 1.22. The number of hydrogen-bond donors (Lipinski definition) is 2. The number of quaternary nitrogens is 1. The lowest BCUT2D eigenvalue weighted by Gasteiger charge is -2.29. The molecule has 2 N–H and O–H groups in total. The molecule has 0 aromatic heterocycles. The van der Waals surface area contributed by atoms with Crippen LogP contribution in [0.15, 0.2) is 48.6 Å². The molecule has 0 heterocycles. The quantitative estimate of drug-likeness (QED) is 0.0318. The fraction of sp³-hybridized carbons (Fsp3) is 0.763. The van der Waals surface area contributed by atoms with Crippen LogP contribution < -0.4 is 10.2 Å². The first kappa shape index (κ1) is 45.5. The number of phosphoric acid groups is 1. The largest absolute Gasteiger partial charge is 0.756 e. The highest BCUT2D eigenvalue weighted by molar-refractivity contribution is 7.45. The SMILES string of the molecule is CCCCC/C=C\C/C=C\CCCCCCCC(=O)NC(COP(=O)([O-])OCC[N+](C)(C)C)C(O)/C=C/CC/C=C/CCCCCC. The van der Waals surface area contributed by atoms with E-state index in [1.165, 1.54) is 51.4 Å². The molecule has 0 spiro atoms. The van der Waals surface area contributed by atoms with Crippen LogP contribution in [0.25, 0.3) is 0 Å². The lowest BCUT2D eigenvalue weighted by Crippen LogP contribution is -2.45.